The topological polar surface area (TPSA) is 85.1 Å². The molecule has 2 aliphatic rings. The Morgan fingerprint density at radius 1 is 1.12 bits per heavy atom. The van der Waals surface area contributed by atoms with Crippen molar-refractivity contribution >= 4 is 11.6 Å². The number of rotatable bonds is 3. The van der Waals surface area contributed by atoms with Crippen molar-refractivity contribution in [2.24, 2.45) is 14.1 Å². The van der Waals surface area contributed by atoms with Gasteiger partial charge in [0.2, 0.25) is 0 Å². The maximum absolute atomic E-state index is 12.2. The van der Waals surface area contributed by atoms with Gasteiger partial charge in [-0.1, -0.05) is 0 Å². The number of aromatic nitrogens is 4. The van der Waals surface area contributed by atoms with E-state index in [1.165, 1.54) is 36.1 Å². The van der Waals surface area contributed by atoms with E-state index in [2.05, 4.69) is 20.2 Å². The monoisotopic (exact) mass is 356 g/mol. The predicted molar refractivity (Wildman–Crippen MR) is 99.8 cm³/mol. The minimum atomic E-state index is -0.297. The number of fused-ring (bicyclic) bond motifs is 1. The molecule has 2 aromatic rings. The van der Waals surface area contributed by atoms with Gasteiger partial charge in [0.15, 0.2) is 0 Å². The van der Waals surface area contributed by atoms with Gasteiger partial charge >= 0.3 is 5.69 Å². The van der Waals surface area contributed by atoms with Crippen LogP contribution in [0.3, 0.4) is 0 Å². The average Bonchev–Trinajstić information content (AvgIpc) is 3.11. The van der Waals surface area contributed by atoms with E-state index in [0.29, 0.717) is 5.82 Å². The summed E-state index contributed by atoms with van der Waals surface area (Å²) in [7, 11) is 3.21. The van der Waals surface area contributed by atoms with E-state index in [0.717, 1.165) is 48.4 Å². The molecule has 0 aromatic carbocycles. The summed E-state index contributed by atoms with van der Waals surface area (Å²) >= 11 is 0. The van der Waals surface area contributed by atoms with E-state index in [9.17, 15) is 9.59 Å². The first-order valence-electron chi connectivity index (χ1n) is 9.16. The number of nitrogens with zero attached hydrogens (tertiary/aromatic N) is 5. The molecule has 138 valence electrons. The molecule has 0 saturated carbocycles. The molecule has 3 heterocycles. The molecule has 0 spiro atoms. The van der Waals surface area contributed by atoms with Crippen molar-refractivity contribution in [3.8, 4) is 0 Å². The Hall–Kier alpha value is -2.64. The molecule has 1 aliphatic heterocycles. The SMILES string of the molecule is Cn1c(N2CC[C@H](Nc3ncnc4c3CCCC4)C2)cc(=O)n(C)c1=O. The molecule has 0 unspecified atom stereocenters. The Morgan fingerprint density at radius 3 is 2.77 bits per heavy atom. The molecule has 1 aliphatic carbocycles. The van der Waals surface area contributed by atoms with Gasteiger partial charge in [0, 0.05) is 50.6 Å². The number of anilines is 2. The quantitative estimate of drug-likeness (QED) is 0.859. The van der Waals surface area contributed by atoms with Crippen molar-refractivity contribution in [1.82, 2.24) is 19.1 Å². The largest absolute Gasteiger partial charge is 0.365 e. The molecule has 0 bridgehead atoms. The van der Waals surface area contributed by atoms with Crippen LogP contribution in [0, 0.1) is 0 Å². The van der Waals surface area contributed by atoms with Crippen LogP contribution in [0.2, 0.25) is 0 Å². The summed E-state index contributed by atoms with van der Waals surface area (Å²) in [5.74, 6) is 1.62. The van der Waals surface area contributed by atoms with E-state index in [-0.39, 0.29) is 17.3 Å². The molecular formula is C18H24N6O2. The zero-order valence-corrected chi connectivity index (χ0v) is 15.2. The first kappa shape index (κ1) is 16.8. The fraction of sp³-hybridized carbons (Fsp3) is 0.556. The van der Waals surface area contributed by atoms with Crippen molar-refractivity contribution in [2.75, 3.05) is 23.3 Å². The molecule has 0 radical (unpaired) electrons. The van der Waals surface area contributed by atoms with E-state index in [1.54, 1.807) is 13.4 Å². The normalized spacial score (nSPS) is 19.5. The zero-order valence-electron chi connectivity index (χ0n) is 15.2. The summed E-state index contributed by atoms with van der Waals surface area (Å²) in [6.07, 6.45) is 7.00. The van der Waals surface area contributed by atoms with Gasteiger partial charge in [-0.25, -0.2) is 14.8 Å². The maximum Gasteiger partial charge on any atom is 0.332 e. The fourth-order valence-corrected chi connectivity index (χ4v) is 3.95. The minimum absolute atomic E-state index is 0.232. The van der Waals surface area contributed by atoms with Gasteiger partial charge in [0.05, 0.1) is 0 Å². The van der Waals surface area contributed by atoms with Crippen LogP contribution in [0.4, 0.5) is 11.6 Å². The first-order chi connectivity index (χ1) is 12.5. The van der Waals surface area contributed by atoms with Gasteiger partial charge < -0.3 is 10.2 Å². The first-order valence-corrected chi connectivity index (χ1v) is 9.16. The molecule has 8 nitrogen and oxygen atoms in total. The van der Waals surface area contributed by atoms with Crippen LogP contribution in [0.25, 0.3) is 0 Å². The molecule has 1 N–H and O–H groups in total. The molecule has 1 fully saturated rings. The summed E-state index contributed by atoms with van der Waals surface area (Å²) in [6, 6.07) is 1.77. The summed E-state index contributed by atoms with van der Waals surface area (Å²) in [4.78, 5) is 35.1. The van der Waals surface area contributed by atoms with Gasteiger partial charge in [-0.2, -0.15) is 0 Å². The van der Waals surface area contributed by atoms with Crippen LogP contribution >= 0.6 is 0 Å². The van der Waals surface area contributed by atoms with E-state index in [4.69, 9.17) is 0 Å². The Kier molecular flexibility index (Phi) is 4.26. The zero-order chi connectivity index (χ0) is 18.3. The third kappa shape index (κ3) is 2.89. The lowest BCUT2D eigenvalue weighted by atomic mass is 9.96. The molecule has 0 amide bonds. The van der Waals surface area contributed by atoms with Gasteiger partial charge in [0.1, 0.15) is 18.0 Å². The standard InChI is InChI=1S/C18H24N6O2/c1-22-15(9-16(25)23(2)18(22)26)24-8-7-12(10-24)21-17-13-5-3-4-6-14(13)19-11-20-17/h9,11-12H,3-8,10H2,1-2H3,(H,19,20,21)/t12-/m0/s1. The Bertz CT molecular complexity index is 948. The van der Waals surface area contributed by atoms with Gasteiger partial charge in [-0.15, -0.1) is 0 Å². The lowest BCUT2D eigenvalue weighted by Gasteiger charge is -2.23. The van der Waals surface area contributed by atoms with Crippen molar-refractivity contribution < 1.29 is 0 Å². The Morgan fingerprint density at radius 2 is 1.92 bits per heavy atom. The number of aryl methyl sites for hydroxylation is 1. The maximum atomic E-state index is 12.2. The van der Waals surface area contributed by atoms with Gasteiger partial charge in [-0.05, 0) is 32.1 Å². The summed E-state index contributed by atoms with van der Waals surface area (Å²) in [6.45, 7) is 1.53. The number of hydrogen-bond acceptors (Lipinski definition) is 6. The van der Waals surface area contributed by atoms with E-state index >= 15 is 0 Å². The van der Waals surface area contributed by atoms with Crippen molar-refractivity contribution in [3.05, 3.63) is 44.5 Å². The highest BCUT2D eigenvalue weighted by Gasteiger charge is 2.26. The minimum Gasteiger partial charge on any atom is -0.365 e. The molecule has 2 aromatic heterocycles. The summed E-state index contributed by atoms with van der Waals surface area (Å²) < 4.78 is 2.67. The number of hydrogen-bond donors (Lipinski definition) is 1. The third-order valence-corrected chi connectivity index (χ3v) is 5.48. The van der Waals surface area contributed by atoms with Crippen molar-refractivity contribution in [3.63, 3.8) is 0 Å². The second-order valence-corrected chi connectivity index (χ2v) is 7.17. The highest BCUT2D eigenvalue weighted by Crippen LogP contribution is 2.26. The summed E-state index contributed by atoms with van der Waals surface area (Å²) in [5, 5.41) is 3.57. The van der Waals surface area contributed by atoms with Gasteiger partial charge in [0.25, 0.3) is 5.56 Å². The predicted octanol–water partition coefficient (Wildman–Crippen LogP) is 0.444. The fourth-order valence-electron chi connectivity index (χ4n) is 3.95. The van der Waals surface area contributed by atoms with Gasteiger partial charge in [-0.3, -0.25) is 13.9 Å². The van der Waals surface area contributed by atoms with Crippen LogP contribution < -0.4 is 21.5 Å². The number of nitrogens with one attached hydrogen (secondary N) is 1. The average molecular weight is 356 g/mol. The molecule has 1 atom stereocenters. The van der Waals surface area contributed by atoms with Crippen molar-refractivity contribution in [2.45, 2.75) is 38.1 Å². The molecule has 8 heteroatoms. The molecule has 1 saturated heterocycles. The van der Waals surface area contributed by atoms with E-state index in [1.807, 2.05) is 0 Å². The lowest BCUT2D eigenvalue weighted by Crippen LogP contribution is -2.40. The molecule has 4 rings (SSSR count). The van der Waals surface area contributed by atoms with Crippen LogP contribution in [0.15, 0.2) is 22.0 Å². The second kappa shape index (κ2) is 6.59. The Labute approximate surface area is 151 Å². The van der Waals surface area contributed by atoms with Crippen LogP contribution in [0.1, 0.15) is 30.5 Å². The van der Waals surface area contributed by atoms with E-state index < -0.39 is 0 Å². The highest BCUT2D eigenvalue weighted by atomic mass is 16.2. The molecular weight excluding hydrogens is 332 g/mol. The van der Waals surface area contributed by atoms with Crippen LogP contribution in [0.5, 0.6) is 0 Å². The second-order valence-electron chi connectivity index (χ2n) is 7.17. The van der Waals surface area contributed by atoms with Crippen LogP contribution in [-0.2, 0) is 26.9 Å². The smallest absolute Gasteiger partial charge is 0.332 e. The lowest BCUT2D eigenvalue weighted by molar-refractivity contribution is 0.659. The molecule has 26 heavy (non-hydrogen) atoms. The van der Waals surface area contributed by atoms with Crippen LogP contribution in [-0.4, -0.2) is 38.2 Å². The summed E-state index contributed by atoms with van der Waals surface area (Å²) in [5.41, 5.74) is 1.84. The van der Waals surface area contributed by atoms with Crippen molar-refractivity contribution in [1.29, 1.82) is 0 Å². The third-order valence-electron chi connectivity index (χ3n) is 5.48. The Balaban J connectivity index is 1.54. The highest BCUT2D eigenvalue weighted by molar-refractivity contribution is 5.49.